The second-order valence-electron chi connectivity index (χ2n) is 6.82. The van der Waals surface area contributed by atoms with Crippen molar-refractivity contribution in [2.45, 2.75) is 46.6 Å². The zero-order valence-corrected chi connectivity index (χ0v) is 13.5. The molecular formula is C17H27NO2. The molecule has 0 heterocycles. The van der Waals surface area contributed by atoms with E-state index in [1.807, 2.05) is 12.1 Å². The summed E-state index contributed by atoms with van der Waals surface area (Å²) in [6, 6.07) is 4.61. The number of hydrogen-bond donors (Lipinski definition) is 1. The van der Waals surface area contributed by atoms with Gasteiger partial charge in [-0.1, -0.05) is 20.8 Å². The minimum absolute atomic E-state index is 0.432. The summed E-state index contributed by atoms with van der Waals surface area (Å²) in [6.07, 6.45) is 2.49. The smallest absolute Gasteiger partial charge is 0.162 e. The Labute approximate surface area is 122 Å². The fourth-order valence-corrected chi connectivity index (χ4v) is 3.42. The molecule has 2 rings (SSSR count). The lowest BCUT2D eigenvalue weighted by atomic mass is 9.91. The van der Waals surface area contributed by atoms with Crippen molar-refractivity contribution >= 4 is 5.69 Å². The van der Waals surface area contributed by atoms with E-state index in [9.17, 15) is 0 Å². The van der Waals surface area contributed by atoms with Crippen LogP contribution in [-0.4, -0.2) is 20.3 Å². The Bertz CT molecular complexity index is 482. The summed E-state index contributed by atoms with van der Waals surface area (Å²) in [5.74, 6) is 2.26. The van der Waals surface area contributed by atoms with E-state index in [1.165, 1.54) is 18.4 Å². The van der Waals surface area contributed by atoms with Gasteiger partial charge < -0.3 is 14.8 Å². The first-order valence-corrected chi connectivity index (χ1v) is 7.35. The average molecular weight is 277 g/mol. The fraction of sp³-hybridized carbons (Fsp3) is 0.647. The quantitative estimate of drug-likeness (QED) is 0.892. The minimum atomic E-state index is 0.432. The number of nitrogens with one attached hydrogen (secondary N) is 1. The standard InChI is InChI=1S/C17H27NO2/c1-11-7-15(19-5)16(20-6)8-13(11)18-14-10-17(3,4)9-12(14)2/h7-8,12,14,18H,9-10H2,1-6H3. The number of methoxy groups -OCH3 is 2. The molecule has 0 aliphatic heterocycles. The molecule has 0 bridgehead atoms. The molecule has 0 spiro atoms. The third kappa shape index (κ3) is 3.02. The average Bonchev–Trinajstić information content (AvgIpc) is 2.64. The molecule has 0 amide bonds. The van der Waals surface area contributed by atoms with E-state index in [2.05, 4.69) is 33.0 Å². The van der Waals surface area contributed by atoms with Crippen LogP contribution in [0.4, 0.5) is 5.69 Å². The molecule has 1 N–H and O–H groups in total. The fourth-order valence-electron chi connectivity index (χ4n) is 3.42. The largest absolute Gasteiger partial charge is 0.493 e. The van der Waals surface area contributed by atoms with E-state index < -0.39 is 0 Å². The molecule has 1 fully saturated rings. The maximum absolute atomic E-state index is 5.40. The van der Waals surface area contributed by atoms with E-state index in [1.54, 1.807) is 14.2 Å². The van der Waals surface area contributed by atoms with Crippen molar-refractivity contribution in [2.75, 3.05) is 19.5 Å². The van der Waals surface area contributed by atoms with Crippen molar-refractivity contribution in [1.82, 2.24) is 0 Å². The molecule has 20 heavy (non-hydrogen) atoms. The van der Waals surface area contributed by atoms with E-state index in [4.69, 9.17) is 9.47 Å². The molecule has 2 unspecified atom stereocenters. The van der Waals surface area contributed by atoms with Gasteiger partial charge in [0.2, 0.25) is 0 Å². The number of rotatable bonds is 4. The first-order chi connectivity index (χ1) is 9.36. The number of aryl methyl sites for hydroxylation is 1. The highest BCUT2D eigenvalue weighted by Crippen LogP contribution is 2.43. The predicted molar refractivity (Wildman–Crippen MR) is 83.9 cm³/mol. The molecule has 2 atom stereocenters. The van der Waals surface area contributed by atoms with Crippen LogP contribution < -0.4 is 14.8 Å². The van der Waals surface area contributed by atoms with Crippen LogP contribution in [0.5, 0.6) is 11.5 Å². The van der Waals surface area contributed by atoms with Crippen LogP contribution in [0.2, 0.25) is 0 Å². The lowest BCUT2D eigenvalue weighted by Crippen LogP contribution is -2.23. The summed E-state index contributed by atoms with van der Waals surface area (Å²) in [5, 5.41) is 3.70. The minimum Gasteiger partial charge on any atom is -0.493 e. The summed E-state index contributed by atoms with van der Waals surface area (Å²) < 4.78 is 10.7. The van der Waals surface area contributed by atoms with Crippen LogP contribution >= 0.6 is 0 Å². The van der Waals surface area contributed by atoms with Gasteiger partial charge in [0.05, 0.1) is 14.2 Å². The van der Waals surface area contributed by atoms with Crippen molar-refractivity contribution in [1.29, 1.82) is 0 Å². The SMILES string of the molecule is COc1cc(C)c(NC2CC(C)(C)CC2C)cc1OC. The van der Waals surface area contributed by atoms with Crippen molar-refractivity contribution < 1.29 is 9.47 Å². The van der Waals surface area contributed by atoms with E-state index >= 15 is 0 Å². The van der Waals surface area contributed by atoms with Gasteiger partial charge in [0, 0.05) is 17.8 Å². The summed E-state index contributed by atoms with van der Waals surface area (Å²) in [7, 11) is 3.35. The van der Waals surface area contributed by atoms with Crippen LogP contribution in [0.1, 0.15) is 39.2 Å². The number of ether oxygens (including phenoxy) is 2. The molecule has 0 aromatic heterocycles. The highest BCUT2D eigenvalue weighted by molar-refractivity contribution is 5.60. The highest BCUT2D eigenvalue weighted by atomic mass is 16.5. The monoisotopic (exact) mass is 277 g/mol. The zero-order valence-electron chi connectivity index (χ0n) is 13.5. The van der Waals surface area contributed by atoms with Crippen LogP contribution in [0.25, 0.3) is 0 Å². The van der Waals surface area contributed by atoms with Gasteiger partial charge in [-0.2, -0.15) is 0 Å². The number of hydrogen-bond acceptors (Lipinski definition) is 3. The molecule has 0 saturated heterocycles. The molecule has 3 heteroatoms. The van der Waals surface area contributed by atoms with Gasteiger partial charge in [-0.05, 0) is 42.7 Å². The molecule has 1 aliphatic carbocycles. The first kappa shape index (κ1) is 15.0. The normalized spacial score (nSPS) is 24.5. The second kappa shape index (κ2) is 5.55. The highest BCUT2D eigenvalue weighted by Gasteiger charge is 2.36. The van der Waals surface area contributed by atoms with Crippen molar-refractivity contribution in [2.24, 2.45) is 11.3 Å². The Morgan fingerprint density at radius 3 is 2.20 bits per heavy atom. The predicted octanol–water partition coefficient (Wildman–Crippen LogP) is 4.25. The first-order valence-electron chi connectivity index (χ1n) is 7.35. The van der Waals surface area contributed by atoms with Crippen LogP contribution in [0.15, 0.2) is 12.1 Å². The molecule has 3 nitrogen and oxygen atoms in total. The topological polar surface area (TPSA) is 30.5 Å². The van der Waals surface area contributed by atoms with Crippen LogP contribution in [0, 0.1) is 18.3 Å². The van der Waals surface area contributed by atoms with Crippen molar-refractivity contribution in [3.8, 4) is 11.5 Å². The molecule has 1 aliphatic rings. The molecule has 1 aromatic rings. The van der Waals surface area contributed by atoms with Crippen molar-refractivity contribution in [3.05, 3.63) is 17.7 Å². The molecular weight excluding hydrogens is 250 g/mol. The molecule has 1 saturated carbocycles. The van der Waals surface area contributed by atoms with Gasteiger partial charge in [-0.3, -0.25) is 0 Å². The molecule has 0 radical (unpaired) electrons. The summed E-state index contributed by atoms with van der Waals surface area (Å²) >= 11 is 0. The lowest BCUT2D eigenvalue weighted by molar-refractivity contribution is 0.355. The summed E-state index contributed by atoms with van der Waals surface area (Å²) in [6.45, 7) is 9.15. The van der Waals surface area contributed by atoms with E-state index in [-0.39, 0.29) is 0 Å². The maximum Gasteiger partial charge on any atom is 0.162 e. The lowest BCUT2D eigenvalue weighted by Gasteiger charge is -2.22. The Hall–Kier alpha value is -1.38. The van der Waals surface area contributed by atoms with Crippen LogP contribution in [-0.2, 0) is 0 Å². The summed E-state index contributed by atoms with van der Waals surface area (Å²) in [5.41, 5.74) is 2.78. The Morgan fingerprint density at radius 1 is 1.10 bits per heavy atom. The third-order valence-corrected chi connectivity index (χ3v) is 4.41. The Morgan fingerprint density at radius 2 is 1.70 bits per heavy atom. The van der Waals surface area contributed by atoms with Crippen LogP contribution in [0.3, 0.4) is 0 Å². The molecule has 1 aromatic carbocycles. The number of benzene rings is 1. The van der Waals surface area contributed by atoms with E-state index in [0.29, 0.717) is 17.4 Å². The van der Waals surface area contributed by atoms with Gasteiger partial charge in [-0.15, -0.1) is 0 Å². The third-order valence-electron chi connectivity index (χ3n) is 4.41. The Balaban J connectivity index is 2.21. The van der Waals surface area contributed by atoms with Gasteiger partial charge in [0.25, 0.3) is 0 Å². The summed E-state index contributed by atoms with van der Waals surface area (Å²) in [4.78, 5) is 0. The maximum atomic E-state index is 5.40. The van der Waals surface area contributed by atoms with E-state index in [0.717, 1.165) is 17.2 Å². The van der Waals surface area contributed by atoms with Gasteiger partial charge in [0.1, 0.15) is 0 Å². The molecule has 112 valence electrons. The van der Waals surface area contributed by atoms with Gasteiger partial charge in [0.15, 0.2) is 11.5 Å². The van der Waals surface area contributed by atoms with Gasteiger partial charge in [-0.25, -0.2) is 0 Å². The zero-order chi connectivity index (χ0) is 14.9. The Kier molecular flexibility index (Phi) is 4.17. The van der Waals surface area contributed by atoms with Gasteiger partial charge >= 0.3 is 0 Å². The van der Waals surface area contributed by atoms with Crippen molar-refractivity contribution in [3.63, 3.8) is 0 Å². The second-order valence-corrected chi connectivity index (χ2v) is 6.82. The number of anilines is 1.